The lowest BCUT2D eigenvalue weighted by Gasteiger charge is -2.29. The van der Waals surface area contributed by atoms with Crippen molar-refractivity contribution in [2.75, 3.05) is 0 Å². The molecule has 0 aliphatic heterocycles. The van der Waals surface area contributed by atoms with Gasteiger partial charge in [-0.1, -0.05) is 20.8 Å². The highest BCUT2D eigenvalue weighted by Crippen LogP contribution is 2.17. The quantitative estimate of drug-likeness (QED) is 0.300. The third-order valence-corrected chi connectivity index (χ3v) is 3.27. The first-order valence-corrected chi connectivity index (χ1v) is 7.26. The summed E-state index contributed by atoms with van der Waals surface area (Å²) >= 11 is 0. The molecule has 0 aliphatic rings. The number of carboxylic acid groups (broad SMARTS) is 2. The van der Waals surface area contributed by atoms with Crippen LogP contribution in [0.25, 0.3) is 0 Å². The van der Waals surface area contributed by atoms with Gasteiger partial charge in [0.2, 0.25) is 11.8 Å². The summed E-state index contributed by atoms with van der Waals surface area (Å²) in [6, 6.07) is -4.13. The minimum absolute atomic E-state index is 0.600. The summed E-state index contributed by atoms with van der Waals surface area (Å²) in [5.74, 6) is -4.69. The molecule has 2 amide bonds. The van der Waals surface area contributed by atoms with Crippen LogP contribution in [0.2, 0.25) is 0 Å². The Labute approximate surface area is 139 Å². The average molecular weight is 347 g/mol. The van der Waals surface area contributed by atoms with Crippen molar-refractivity contribution in [1.82, 2.24) is 10.6 Å². The molecule has 0 unspecified atom stereocenters. The van der Waals surface area contributed by atoms with Crippen molar-refractivity contribution in [3.63, 3.8) is 0 Å². The number of rotatable bonds is 8. The van der Waals surface area contributed by atoms with Crippen molar-refractivity contribution in [3.8, 4) is 0 Å². The molecule has 138 valence electrons. The van der Waals surface area contributed by atoms with Crippen molar-refractivity contribution in [1.29, 1.82) is 0 Å². The first-order valence-electron chi connectivity index (χ1n) is 7.26. The van der Waals surface area contributed by atoms with E-state index in [1.165, 1.54) is 6.92 Å². The standard InChI is InChI=1S/C14H25N3O7/c1-6(18)9(17-12(22)10(15)14(2,3)4)11(21)16-7(13(23)24)5-8(19)20/h6-7,9-10,18H,5,15H2,1-4H3,(H,16,21)(H,17,22)(H,19,20)(H,23,24)/t6-,7+,9+,10-/m1/s1. The van der Waals surface area contributed by atoms with E-state index in [2.05, 4.69) is 5.32 Å². The number of carbonyl (C=O) groups excluding carboxylic acids is 2. The van der Waals surface area contributed by atoms with Crippen LogP contribution in [0.15, 0.2) is 0 Å². The third kappa shape index (κ3) is 6.92. The van der Waals surface area contributed by atoms with Crippen LogP contribution in [0.4, 0.5) is 0 Å². The summed E-state index contributed by atoms with van der Waals surface area (Å²) in [4.78, 5) is 45.8. The first kappa shape index (κ1) is 21.8. The third-order valence-electron chi connectivity index (χ3n) is 3.27. The van der Waals surface area contributed by atoms with E-state index in [1.54, 1.807) is 20.8 Å². The zero-order valence-corrected chi connectivity index (χ0v) is 14.1. The Hall–Kier alpha value is -2.20. The number of hydrogen-bond acceptors (Lipinski definition) is 6. The molecule has 0 aromatic carbocycles. The molecule has 10 nitrogen and oxygen atoms in total. The van der Waals surface area contributed by atoms with Gasteiger partial charge in [-0.25, -0.2) is 4.79 Å². The van der Waals surface area contributed by atoms with Crippen LogP contribution < -0.4 is 16.4 Å². The van der Waals surface area contributed by atoms with E-state index in [1.807, 2.05) is 5.32 Å². The largest absolute Gasteiger partial charge is 0.481 e. The van der Waals surface area contributed by atoms with Crippen LogP contribution in [0.5, 0.6) is 0 Å². The van der Waals surface area contributed by atoms with Gasteiger partial charge in [0.05, 0.1) is 18.6 Å². The Morgan fingerprint density at radius 1 is 1.04 bits per heavy atom. The predicted molar refractivity (Wildman–Crippen MR) is 82.9 cm³/mol. The molecule has 24 heavy (non-hydrogen) atoms. The molecule has 0 heterocycles. The molecule has 10 heteroatoms. The fourth-order valence-corrected chi connectivity index (χ4v) is 1.68. The van der Waals surface area contributed by atoms with Gasteiger partial charge in [-0.2, -0.15) is 0 Å². The highest BCUT2D eigenvalue weighted by molar-refractivity contribution is 5.93. The van der Waals surface area contributed by atoms with Crippen molar-refractivity contribution in [2.45, 2.75) is 58.3 Å². The Bertz CT molecular complexity index is 499. The highest BCUT2D eigenvalue weighted by atomic mass is 16.4. The highest BCUT2D eigenvalue weighted by Gasteiger charge is 2.34. The average Bonchev–Trinajstić information content (AvgIpc) is 2.40. The first-order chi connectivity index (χ1) is 10.8. The summed E-state index contributed by atoms with van der Waals surface area (Å²) in [5.41, 5.74) is 5.16. The second-order valence-electron chi connectivity index (χ2n) is 6.57. The Kier molecular flexibility index (Phi) is 7.81. The van der Waals surface area contributed by atoms with Crippen molar-refractivity contribution in [2.24, 2.45) is 11.1 Å². The molecule has 0 aromatic heterocycles. The van der Waals surface area contributed by atoms with E-state index < -0.39 is 59.8 Å². The molecule has 0 bridgehead atoms. The fraction of sp³-hybridized carbons (Fsp3) is 0.714. The number of aliphatic carboxylic acids is 2. The maximum atomic E-state index is 12.1. The minimum Gasteiger partial charge on any atom is -0.481 e. The number of hydrogen-bond donors (Lipinski definition) is 6. The van der Waals surface area contributed by atoms with E-state index in [0.29, 0.717) is 0 Å². The number of carbonyl (C=O) groups is 4. The minimum atomic E-state index is -1.69. The van der Waals surface area contributed by atoms with Gasteiger partial charge in [-0.3, -0.25) is 14.4 Å². The Balaban J connectivity index is 5.11. The number of nitrogens with two attached hydrogens (primary N) is 1. The van der Waals surface area contributed by atoms with Gasteiger partial charge in [0, 0.05) is 0 Å². The smallest absolute Gasteiger partial charge is 0.326 e. The van der Waals surface area contributed by atoms with Crippen LogP contribution in [-0.4, -0.2) is 63.3 Å². The van der Waals surface area contributed by atoms with Gasteiger partial charge < -0.3 is 31.7 Å². The molecule has 7 N–H and O–H groups in total. The maximum Gasteiger partial charge on any atom is 0.326 e. The maximum absolute atomic E-state index is 12.1. The second kappa shape index (κ2) is 8.60. The number of nitrogens with one attached hydrogen (secondary N) is 2. The summed E-state index contributed by atoms with van der Waals surface area (Å²) in [5, 5.41) is 31.5. The summed E-state index contributed by atoms with van der Waals surface area (Å²) in [7, 11) is 0. The van der Waals surface area contributed by atoms with Crippen LogP contribution in [0.3, 0.4) is 0 Å². The summed E-state index contributed by atoms with van der Waals surface area (Å²) in [6.45, 7) is 6.35. The molecule has 4 atom stereocenters. The second-order valence-corrected chi connectivity index (χ2v) is 6.57. The lowest BCUT2D eigenvalue weighted by Crippen LogP contribution is -2.59. The van der Waals surface area contributed by atoms with E-state index in [4.69, 9.17) is 15.9 Å². The van der Waals surface area contributed by atoms with Crippen LogP contribution in [-0.2, 0) is 19.2 Å². The van der Waals surface area contributed by atoms with Crippen LogP contribution in [0.1, 0.15) is 34.1 Å². The van der Waals surface area contributed by atoms with Gasteiger partial charge in [0.25, 0.3) is 0 Å². The van der Waals surface area contributed by atoms with Gasteiger partial charge in [-0.05, 0) is 12.3 Å². The van der Waals surface area contributed by atoms with E-state index >= 15 is 0 Å². The zero-order chi connectivity index (χ0) is 19.2. The van der Waals surface area contributed by atoms with Crippen molar-refractivity contribution >= 4 is 23.8 Å². The molecule has 0 aliphatic carbocycles. The molecule has 0 saturated heterocycles. The summed E-state index contributed by atoms with van der Waals surface area (Å²) < 4.78 is 0. The molecule has 0 fully saturated rings. The van der Waals surface area contributed by atoms with Gasteiger partial charge in [-0.15, -0.1) is 0 Å². The van der Waals surface area contributed by atoms with Crippen molar-refractivity contribution < 1.29 is 34.5 Å². The molecule has 0 saturated carbocycles. The summed E-state index contributed by atoms with van der Waals surface area (Å²) in [6.07, 6.45) is -2.19. The predicted octanol–water partition coefficient (Wildman–Crippen LogP) is -1.73. The lowest BCUT2D eigenvalue weighted by atomic mass is 9.86. The zero-order valence-electron chi connectivity index (χ0n) is 14.1. The number of aliphatic hydroxyl groups excluding tert-OH is 1. The van der Waals surface area contributed by atoms with E-state index in [-0.39, 0.29) is 0 Å². The van der Waals surface area contributed by atoms with Gasteiger partial charge in [0.15, 0.2) is 0 Å². The topological polar surface area (TPSA) is 179 Å². The van der Waals surface area contributed by atoms with Gasteiger partial charge in [0.1, 0.15) is 12.1 Å². The van der Waals surface area contributed by atoms with E-state index in [0.717, 1.165) is 0 Å². The molecule has 0 aromatic rings. The van der Waals surface area contributed by atoms with Gasteiger partial charge >= 0.3 is 11.9 Å². The van der Waals surface area contributed by atoms with Crippen LogP contribution in [0, 0.1) is 5.41 Å². The number of aliphatic hydroxyl groups is 1. The number of amides is 2. The molecular formula is C14H25N3O7. The Morgan fingerprint density at radius 2 is 1.54 bits per heavy atom. The molecule has 0 rings (SSSR count). The van der Waals surface area contributed by atoms with E-state index in [9.17, 15) is 24.3 Å². The molecular weight excluding hydrogens is 322 g/mol. The fourth-order valence-electron chi connectivity index (χ4n) is 1.68. The number of carboxylic acids is 2. The SMILES string of the molecule is C[C@@H](O)[C@H](NC(=O)[C@@H](N)C(C)(C)C)C(=O)N[C@@H](CC(=O)O)C(=O)O. The van der Waals surface area contributed by atoms with Crippen LogP contribution >= 0.6 is 0 Å². The normalized spacial score (nSPS) is 16.4. The Morgan fingerprint density at radius 3 is 1.88 bits per heavy atom. The molecule has 0 radical (unpaired) electrons. The lowest BCUT2D eigenvalue weighted by molar-refractivity contribution is -0.148. The monoisotopic (exact) mass is 347 g/mol. The molecule has 0 spiro atoms. The van der Waals surface area contributed by atoms with Crippen molar-refractivity contribution in [3.05, 3.63) is 0 Å².